The summed E-state index contributed by atoms with van der Waals surface area (Å²) in [5, 5.41) is 1.11. The summed E-state index contributed by atoms with van der Waals surface area (Å²) in [6.45, 7) is 1.65. The molecular formula is C14H18N2OS. The van der Waals surface area contributed by atoms with Crippen LogP contribution in [0.4, 0.5) is 0 Å². The second-order valence-corrected chi connectivity index (χ2v) is 5.92. The van der Waals surface area contributed by atoms with Crippen LogP contribution in [0, 0.1) is 0 Å². The van der Waals surface area contributed by atoms with Crippen molar-refractivity contribution in [1.29, 1.82) is 0 Å². The fraction of sp³-hybridized carbons (Fsp3) is 0.429. The van der Waals surface area contributed by atoms with Gasteiger partial charge in [0.15, 0.2) is 0 Å². The molecule has 0 spiro atoms. The monoisotopic (exact) mass is 262 g/mol. The summed E-state index contributed by atoms with van der Waals surface area (Å²) in [4.78, 5) is 18.0. The largest absolute Gasteiger partial charge is 0.306 e. The number of thiazole rings is 1. The van der Waals surface area contributed by atoms with Gasteiger partial charge in [-0.05, 0) is 33.2 Å². The van der Waals surface area contributed by atoms with Crippen LogP contribution in [0.3, 0.4) is 0 Å². The molecule has 0 fully saturated rings. The first-order valence-corrected chi connectivity index (χ1v) is 6.88. The molecule has 1 unspecified atom stereocenters. The lowest BCUT2D eigenvalue weighted by molar-refractivity contribution is -0.118. The van der Waals surface area contributed by atoms with E-state index >= 15 is 0 Å². The lowest BCUT2D eigenvalue weighted by Gasteiger charge is -2.22. The molecule has 0 radical (unpaired) electrons. The summed E-state index contributed by atoms with van der Waals surface area (Å²) in [5.41, 5.74) is 1.05. The summed E-state index contributed by atoms with van der Waals surface area (Å²) >= 11 is 1.72. The molecule has 2 rings (SSSR count). The van der Waals surface area contributed by atoms with Crippen LogP contribution < -0.4 is 0 Å². The third-order valence-corrected chi connectivity index (χ3v) is 4.06. The highest BCUT2D eigenvalue weighted by Gasteiger charge is 2.16. The third-order valence-electron chi connectivity index (χ3n) is 3.00. The number of para-hydroxylation sites is 1. The maximum Gasteiger partial charge on any atom is 0.131 e. The number of carbonyl (C=O) groups is 1. The van der Waals surface area contributed by atoms with Gasteiger partial charge in [0.1, 0.15) is 5.78 Å². The van der Waals surface area contributed by atoms with Gasteiger partial charge in [-0.25, -0.2) is 4.98 Å². The predicted molar refractivity (Wildman–Crippen MR) is 76.1 cm³/mol. The van der Waals surface area contributed by atoms with E-state index in [2.05, 4.69) is 16.0 Å². The molecule has 96 valence electrons. The van der Waals surface area contributed by atoms with Crippen molar-refractivity contribution in [3.63, 3.8) is 0 Å². The van der Waals surface area contributed by atoms with Crippen molar-refractivity contribution in [2.24, 2.45) is 0 Å². The van der Waals surface area contributed by atoms with E-state index in [4.69, 9.17) is 0 Å². The minimum Gasteiger partial charge on any atom is -0.306 e. The molecule has 0 amide bonds. The topological polar surface area (TPSA) is 33.2 Å². The number of Topliss-reactive ketones (excluding diaryl/α,β-unsaturated/α-hetero) is 1. The summed E-state index contributed by atoms with van der Waals surface area (Å²) in [6, 6.07) is 8.40. The number of fused-ring (bicyclic) bond motifs is 1. The highest BCUT2D eigenvalue weighted by atomic mass is 32.1. The second kappa shape index (κ2) is 5.59. The Morgan fingerprint density at radius 3 is 2.72 bits per heavy atom. The second-order valence-electron chi connectivity index (χ2n) is 4.80. The van der Waals surface area contributed by atoms with E-state index in [0.29, 0.717) is 6.42 Å². The Hall–Kier alpha value is -1.26. The van der Waals surface area contributed by atoms with E-state index < -0.39 is 0 Å². The van der Waals surface area contributed by atoms with E-state index in [1.807, 2.05) is 32.3 Å². The van der Waals surface area contributed by atoms with E-state index in [0.717, 1.165) is 16.9 Å². The van der Waals surface area contributed by atoms with Crippen molar-refractivity contribution in [3.8, 4) is 0 Å². The molecule has 0 saturated heterocycles. The van der Waals surface area contributed by atoms with Crippen LogP contribution in [0.2, 0.25) is 0 Å². The molecule has 0 N–H and O–H groups in total. The Kier molecular flexibility index (Phi) is 4.09. The van der Waals surface area contributed by atoms with Crippen LogP contribution in [-0.2, 0) is 11.2 Å². The average Bonchev–Trinajstić information content (AvgIpc) is 2.69. The van der Waals surface area contributed by atoms with Gasteiger partial charge >= 0.3 is 0 Å². The third kappa shape index (κ3) is 3.15. The van der Waals surface area contributed by atoms with Gasteiger partial charge in [0.2, 0.25) is 0 Å². The summed E-state index contributed by atoms with van der Waals surface area (Å²) < 4.78 is 1.22. The highest BCUT2D eigenvalue weighted by Crippen LogP contribution is 2.23. The fourth-order valence-electron chi connectivity index (χ4n) is 1.98. The van der Waals surface area contributed by atoms with E-state index in [9.17, 15) is 4.79 Å². The maximum atomic E-state index is 11.3. The van der Waals surface area contributed by atoms with Crippen LogP contribution in [0.15, 0.2) is 24.3 Å². The minimum atomic E-state index is 0.231. The van der Waals surface area contributed by atoms with Gasteiger partial charge in [-0.15, -0.1) is 11.3 Å². The number of hydrogen-bond acceptors (Lipinski definition) is 4. The first-order chi connectivity index (χ1) is 8.56. The average molecular weight is 262 g/mol. The number of ketones is 1. The molecular weight excluding hydrogens is 244 g/mol. The molecule has 0 aliphatic carbocycles. The number of aromatic nitrogens is 1. The molecule has 1 heterocycles. The Bertz CT molecular complexity index is 514. The smallest absolute Gasteiger partial charge is 0.131 e. The van der Waals surface area contributed by atoms with Gasteiger partial charge in [-0.3, -0.25) is 4.79 Å². The summed E-state index contributed by atoms with van der Waals surface area (Å²) in [7, 11) is 4.03. The van der Waals surface area contributed by atoms with E-state index in [1.165, 1.54) is 4.70 Å². The molecule has 1 aromatic heterocycles. The molecule has 1 aromatic carbocycles. The zero-order chi connectivity index (χ0) is 13.1. The molecule has 0 saturated carbocycles. The zero-order valence-electron chi connectivity index (χ0n) is 11.0. The molecule has 3 nitrogen and oxygen atoms in total. The van der Waals surface area contributed by atoms with Crippen molar-refractivity contribution < 1.29 is 4.79 Å². The molecule has 0 aliphatic rings. The molecule has 0 aliphatic heterocycles. The fourth-order valence-corrected chi connectivity index (χ4v) is 3.02. The van der Waals surface area contributed by atoms with Gasteiger partial charge in [-0.1, -0.05) is 12.1 Å². The molecule has 0 bridgehead atoms. The highest BCUT2D eigenvalue weighted by molar-refractivity contribution is 7.18. The standard InChI is InChI=1S/C14H18N2OS/c1-10(17)8-11(16(2)3)9-14-15-12-6-4-5-7-13(12)18-14/h4-7,11H,8-9H2,1-3H3. The van der Waals surface area contributed by atoms with Crippen molar-refractivity contribution >= 4 is 27.3 Å². The van der Waals surface area contributed by atoms with Crippen molar-refractivity contribution in [2.45, 2.75) is 25.8 Å². The zero-order valence-corrected chi connectivity index (χ0v) is 11.8. The van der Waals surface area contributed by atoms with Gasteiger partial charge in [0.25, 0.3) is 0 Å². The number of benzene rings is 1. The van der Waals surface area contributed by atoms with E-state index in [1.54, 1.807) is 18.3 Å². The van der Waals surface area contributed by atoms with Crippen molar-refractivity contribution in [3.05, 3.63) is 29.3 Å². The predicted octanol–water partition coefficient (Wildman–Crippen LogP) is 2.75. The Morgan fingerprint density at radius 1 is 1.39 bits per heavy atom. The first kappa shape index (κ1) is 13.2. The molecule has 1 atom stereocenters. The van der Waals surface area contributed by atoms with Gasteiger partial charge in [0, 0.05) is 18.9 Å². The Labute approximate surface area is 111 Å². The quantitative estimate of drug-likeness (QED) is 0.830. The van der Waals surface area contributed by atoms with Crippen molar-refractivity contribution in [2.75, 3.05) is 14.1 Å². The van der Waals surface area contributed by atoms with Crippen LogP contribution in [0.25, 0.3) is 10.2 Å². The SMILES string of the molecule is CC(=O)CC(Cc1nc2ccccc2s1)N(C)C. The number of rotatable bonds is 5. The molecule has 2 aromatic rings. The van der Waals surface area contributed by atoms with Crippen LogP contribution >= 0.6 is 11.3 Å². The maximum absolute atomic E-state index is 11.3. The summed E-state index contributed by atoms with van der Waals surface area (Å²) in [5.74, 6) is 0.231. The first-order valence-electron chi connectivity index (χ1n) is 6.06. The normalized spacial score (nSPS) is 13.1. The van der Waals surface area contributed by atoms with Crippen LogP contribution in [-0.4, -0.2) is 35.8 Å². The van der Waals surface area contributed by atoms with Crippen LogP contribution in [0.1, 0.15) is 18.4 Å². The number of hydrogen-bond donors (Lipinski definition) is 0. The van der Waals surface area contributed by atoms with E-state index in [-0.39, 0.29) is 11.8 Å². The van der Waals surface area contributed by atoms with Gasteiger partial charge in [0.05, 0.1) is 15.2 Å². The number of carbonyl (C=O) groups excluding carboxylic acids is 1. The van der Waals surface area contributed by atoms with Crippen LogP contribution in [0.5, 0.6) is 0 Å². The molecule has 4 heteroatoms. The summed E-state index contributed by atoms with van der Waals surface area (Å²) in [6.07, 6.45) is 1.43. The lowest BCUT2D eigenvalue weighted by Crippen LogP contribution is -2.31. The van der Waals surface area contributed by atoms with Gasteiger partial charge in [-0.2, -0.15) is 0 Å². The number of likely N-dealkylation sites (N-methyl/N-ethyl adjacent to an activating group) is 1. The Balaban J connectivity index is 2.17. The Morgan fingerprint density at radius 2 is 2.11 bits per heavy atom. The number of nitrogens with zero attached hydrogens (tertiary/aromatic N) is 2. The lowest BCUT2D eigenvalue weighted by atomic mass is 10.1. The minimum absolute atomic E-state index is 0.231. The molecule has 18 heavy (non-hydrogen) atoms. The van der Waals surface area contributed by atoms with Crippen molar-refractivity contribution in [1.82, 2.24) is 9.88 Å². The van der Waals surface area contributed by atoms with Gasteiger partial charge < -0.3 is 4.90 Å².